The molecule has 1 unspecified atom stereocenters. The van der Waals surface area contributed by atoms with E-state index in [0.717, 1.165) is 30.4 Å². The van der Waals surface area contributed by atoms with Crippen LogP contribution in [-0.2, 0) is 6.42 Å². The minimum absolute atomic E-state index is 0. The molecule has 5 nitrogen and oxygen atoms in total. The fraction of sp³-hybridized carbons (Fsp3) is 0.714. The predicted molar refractivity (Wildman–Crippen MR) is 93.9 cm³/mol. The third-order valence-corrected chi connectivity index (χ3v) is 3.44. The second-order valence-electron chi connectivity index (χ2n) is 5.23. The largest absolute Gasteiger partial charge is 0.361 e. The highest BCUT2D eigenvalue weighted by atomic mass is 127. The van der Waals surface area contributed by atoms with Crippen molar-refractivity contribution in [2.24, 2.45) is 10.9 Å². The summed E-state index contributed by atoms with van der Waals surface area (Å²) in [6.45, 7) is 11.3. The average molecular weight is 394 g/mol. The van der Waals surface area contributed by atoms with E-state index in [4.69, 9.17) is 4.52 Å². The lowest BCUT2D eigenvalue weighted by atomic mass is 10.1. The molecule has 0 aliphatic rings. The number of hydrogen-bond acceptors (Lipinski definition) is 3. The van der Waals surface area contributed by atoms with Crippen LogP contribution in [0, 0.1) is 19.8 Å². The Morgan fingerprint density at radius 1 is 1.30 bits per heavy atom. The highest BCUT2D eigenvalue weighted by Gasteiger charge is 2.10. The minimum atomic E-state index is 0. The van der Waals surface area contributed by atoms with Crippen molar-refractivity contribution < 1.29 is 4.52 Å². The Balaban J connectivity index is 0.00000361. The van der Waals surface area contributed by atoms with Gasteiger partial charge in [0.1, 0.15) is 5.76 Å². The van der Waals surface area contributed by atoms with Crippen molar-refractivity contribution in [3.8, 4) is 0 Å². The number of aryl methyl sites for hydroxylation is 2. The summed E-state index contributed by atoms with van der Waals surface area (Å²) in [6.07, 6.45) is 0.887. The monoisotopic (exact) mass is 394 g/mol. The first-order valence-electron chi connectivity index (χ1n) is 6.84. The molecule has 1 rings (SSSR count). The highest BCUT2D eigenvalue weighted by Crippen LogP contribution is 2.11. The van der Waals surface area contributed by atoms with Gasteiger partial charge < -0.3 is 15.2 Å². The Labute approximate surface area is 139 Å². The highest BCUT2D eigenvalue weighted by molar-refractivity contribution is 14.0. The van der Waals surface area contributed by atoms with Gasteiger partial charge in [0, 0.05) is 25.2 Å². The van der Waals surface area contributed by atoms with Crippen molar-refractivity contribution in [1.82, 2.24) is 15.8 Å². The van der Waals surface area contributed by atoms with Crippen LogP contribution in [0.4, 0.5) is 0 Å². The van der Waals surface area contributed by atoms with Crippen LogP contribution in [0.3, 0.4) is 0 Å². The lowest BCUT2D eigenvalue weighted by Crippen LogP contribution is -2.44. The van der Waals surface area contributed by atoms with Crippen LogP contribution in [0.2, 0.25) is 0 Å². The minimum Gasteiger partial charge on any atom is -0.361 e. The van der Waals surface area contributed by atoms with E-state index in [-0.39, 0.29) is 24.0 Å². The fourth-order valence-electron chi connectivity index (χ4n) is 1.74. The van der Waals surface area contributed by atoms with Gasteiger partial charge in [0.05, 0.1) is 5.69 Å². The van der Waals surface area contributed by atoms with Gasteiger partial charge in [-0.15, -0.1) is 24.0 Å². The Morgan fingerprint density at radius 2 is 1.95 bits per heavy atom. The van der Waals surface area contributed by atoms with Gasteiger partial charge in [-0.2, -0.15) is 0 Å². The van der Waals surface area contributed by atoms with Crippen molar-refractivity contribution in [3.63, 3.8) is 0 Å². The molecule has 1 aromatic rings. The van der Waals surface area contributed by atoms with Gasteiger partial charge in [-0.25, -0.2) is 0 Å². The van der Waals surface area contributed by atoms with Gasteiger partial charge in [-0.1, -0.05) is 19.0 Å². The van der Waals surface area contributed by atoms with Crippen LogP contribution >= 0.6 is 24.0 Å². The molecule has 6 heteroatoms. The normalized spacial score (nSPS) is 13.1. The molecule has 0 saturated heterocycles. The molecule has 1 heterocycles. The SMILES string of the molecule is CN=C(NCCc1c(C)noc1C)NC(C)C(C)C.I. The third kappa shape index (κ3) is 5.68. The molecule has 0 spiro atoms. The fourth-order valence-corrected chi connectivity index (χ4v) is 1.74. The summed E-state index contributed by atoms with van der Waals surface area (Å²) >= 11 is 0. The predicted octanol–water partition coefficient (Wildman–Crippen LogP) is 2.66. The van der Waals surface area contributed by atoms with Crippen LogP contribution in [-0.4, -0.2) is 30.8 Å². The summed E-state index contributed by atoms with van der Waals surface area (Å²) in [5, 5.41) is 10.6. The Morgan fingerprint density at radius 3 is 2.40 bits per heavy atom. The lowest BCUT2D eigenvalue weighted by Gasteiger charge is -2.20. The van der Waals surface area contributed by atoms with Crippen molar-refractivity contribution in [3.05, 3.63) is 17.0 Å². The lowest BCUT2D eigenvalue weighted by molar-refractivity contribution is 0.392. The number of aromatic nitrogens is 1. The zero-order valence-electron chi connectivity index (χ0n) is 13.3. The molecule has 2 N–H and O–H groups in total. The molecular formula is C14H27IN4O. The zero-order valence-corrected chi connectivity index (χ0v) is 15.6. The summed E-state index contributed by atoms with van der Waals surface area (Å²) in [5.41, 5.74) is 2.15. The van der Waals surface area contributed by atoms with Gasteiger partial charge in [-0.3, -0.25) is 4.99 Å². The molecular weight excluding hydrogens is 367 g/mol. The van der Waals surface area contributed by atoms with E-state index in [2.05, 4.69) is 41.6 Å². The molecule has 0 saturated carbocycles. The van der Waals surface area contributed by atoms with Crippen LogP contribution in [0.15, 0.2) is 9.52 Å². The topological polar surface area (TPSA) is 62.5 Å². The van der Waals surface area contributed by atoms with Crippen molar-refractivity contribution >= 4 is 29.9 Å². The van der Waals surface area contributed by atoms with E-state index in [1.54, 1.807) is 7.05 Å². The quantitative estimate of drug-likeness (QED) is 0.458. The van der Waals surface area contributed by atoms with E-state index in [1.807, 2.05) is 13.8 Å². The summed E-state index contributed by atoms with van der Waals surface area (Å²) in [5.74, 6) is 2.31. The van der Waals surface area contributed by atoms with E-state index in [0.29, 0.717) is 12.0 Å². The maximum Gasteiger partial charge on any atom is 0.191 e. The maximum absolute atomic E-state index is 5.15. The number of halogens is 1. The molecule has 1 atom stereocenters. The first-order valence-corrected chi connectivity index (χ1v) is 6.84. The van der Waals surface area contributed by atoms with Gasteiger partial charge in [-0.05, 0) is 33.1 Å². The van der Waals surface area contributed by atoms with Crippen LogP contribution in [0.25, 0.3) is 0 Å². The Kier molecular flexibility index (Phi) is 8.84. The van der Waals surface area contributed by atoms with Crippen LogP contribution < -0.4 is 10.6 Å². The molecule has 20 heavy (non-hydrogen) atoms. The molecule has 1 aromatic heterocycles. The number of rotatable bonds is 5. The summed E-state index contributed by atoms with van der Waals surface area (Å²) in [7, 11) is 1.79. The van der Waals surface area contributed by atoms with Crippen molar-refractivity contribution in [2.45, 2.75) is 47.1 Å². The maximum atomic E-state index is 5.15. The van der Waals surface area contributed by atoms with Crippen LogP contribution in [0.5, 0.6) is 0 Å². The van der Waals surface area contributed by atoms with Crippen molar-refractivity contribution in [2.75, 3.05) is 13.6 Å². The number of nitrogens with zero attached hydrogens (tertiary/aromatic N) is 2. The average Bonchev–Trinajstić information content (AvgIpc) is 2.68. The summed E-state index contributed by atoms with van der Waals surface area (Å²) in [6, 6.07) is 0.394. The first kappa shape index (κ1) is 19.2. The van der Waals surface area contributed by atoms with Gasteiger partial charge >= 0.3 is 0 Å². The molecule has 0 fully saturated rings. The Hall–Kier alpha value is -0.790. The molecule has 116 valence electrons. The number of nitrogens with one attached hydrogen (secondary N) is 2. The first-order chi connectivity index (χ1) is 8.95. The summed E-state index contributed by atoms with van der Waals surface area (Å²) in [4.78, 5) is 4.23. The van der Waals surface area contributed by atoms with Crippen molar-refractivity contribution in [1.29, 1.82) is 0 Å². The number of aliphatic imine (C=N–C) groups is 1. The standard InChI is InChI=1S/C14H26N4O.HI/c1-9(2)10(3)17-14(15-6)16-8-7-13-11(4)18-19-12(13)5;/h9-10H,7-8H2,1-6H3,(H2,15,16,17);1H. The van der Waals surface area contributed by atoms with Gasteiger partial charge in [0.2, 0.25) is 0 Å². The van der Waals surface area contributed by atoms with E-state index < -0.39 is 0 Å². The zero-order chi connectivity index (χ0) is 14.4. The molecule has 0 amide bonds. The Bertz CT molecular complexity index is 409. The molecule has 0 radical (unpaired) electrons. The van der Waals surface area contributed by atoms with Gasteiger partial charge in [0.15, 0.2) is 5.96 Å². The van der Waals surface area contributed by atoms with E-state index in [1.165, 1.54) is 5.56 Å². The van der Waals surface area contributed by atoms with Crippen LogP contribution in [0.1, 0.15) is 37.8 Å². The van der Waals surface area contributed by atoms with E-state index in [9.17, 15) is 0 Å². The molecule has 0 aromatic carbocycles. The molecule has 0 aliphatic heterocycles. The number of hydrogen-bond donors (Lipinski definition) is 2. The van der Waals surface area contributed by atoms with Gasteiger partial charge in [0.25, 0.3) is 0 Å². The summed E-state index contributed by atoms with van der Waals surface area (Å²) < 4.78 is 5.15. The second-order valence-corrected chi connectivity index (χ2v) is 5.23. The second kappa shape index (κ2) is 9.20. The number of guanidine groups is 1. The molecule has 0 aliphatic carbocycles. The smallest absolute Gasteiger partial charge is 0.191 e. The third-order valence-electron chi connectivity index (χ3n) is 3.44. The molecule has 0 bridgehead atoms. The van der Waals surface area contributed by atoms with E-state index >= 15 is 0 Å².